The number of para-hydroxylation sites is 2. The van der Waals surface area contributed by atoms with E-state index in [0.717, 1.165) is 44.3 Å². The molecule has 2 aromatic carbocycles. The van der Waals surface area contributed by atoms with Gasteiger partial charge >= 0.3 is 0 Å². The van der Waals surface area contributed by atoms with Crippen LogP contribution >= 0.6 is 0 Å². The van der Waals surface area contributed by atoms with E-state index in [1.165, 1.54) is 0 Å². The van der Waals surface area contributed by atoms with E-state index in [9.17, 15) is 14.4 Å². The third kappa shape index (κ3) is 4.44. The number of aromatic nitrogens is 1. The Balaban J connectivity index is 1.65. The van der Waals surface area contributed by atoms with E-state index in [1.54, 1.807) is 15.7 Å². The minimum Gasteiger partial charge on any atom is -0.341 e. The summed E-state index contributed by atoms with van der Waals surface area (Å²) in [6.45, 7) is 4.27. The van der Waals surface area contributed by atoms with Gasteiger partial charge in [0.15, 0.2) is 0 Å². The minimum absolute atomic E-state index is 0.0439. The summed E-state index contributed by atoms with van der Waals surface area (Å²) in [5.74, 6) is -1.05. The number of Topliss-reactive ketones (excluding diaryl/α,β-unsaturated/α-hetero) is 1. The standard InChI is InChI=1S/C26H29N3O3/c1-2-3-17-29(20-11-5-4-6-12-20)26(32)25(31)22-18-28(23-14-8-7-13-21(22)23)19-24(30)27-15-9-10-16-27/h4-8,11-14,18H,2-3,9-10,15-17,19H2,1H3. The third-order valence-corrected chi connectivity index (χ3v) is 6.04. The number of benzene rings is 2. The van der Waals surface area contributed by atoms with Crippen LogP contribution in [-0.4, -0.2) is 46.7 Å². The van der Waals surface area contributed by atoms with Crippen molar-refractivity contribution in [2.24, 2.45) is 0 Å². The Labute approximate surface area is 188 Å². The molecule has 2 heterocycles. The predicted molar refractivity (Wildman–Crippen MR) is 126 cm³/mol. The Bertz CT molecular complexity index is 1110. The first kappa shape index (κ1) is 21.8. The van der Waals surface area contributed by atoms with Crippen LogP contribution < -0.4 is 4.90 Å². The van der Waals surface area contributed by atoms with E-state index < -0.39 is 11.7 Å². The summed E-state index contributed by atoms with van der Waals surface area (Å²) >= 11 is 0. The zero-order chi connectivity index (χ0) is 22.5. The van der Waals surface area contributed by atoms with Gasteiger partial charge in [0.1, 0.15) is 6.54 Å². The van der Waals surface area contributed by atoms with Crippen molar-refractivity contribution >= 4 is 34.2 Å². The van der Waals surface area contributed by atoms with Gasteiger partial charge in [0.05, 0.1) is 5.56 Å². The van der Waals surface area contributed by atoms with Crippen LogP contribution in [-0.2, 0) is 16.1 Å². The number of fused-ring (bicyclic) bond motifs is 1. The summed E-state index contributed by atoms with van der Waals surface area (Å²) in [4.78, 5) is 42.9. The number of ketones is 1. The topological polar surface area (TPSA) is 62.6 Å². The molecule has 32 heavy (non-hydrogen) atoms. The van der Waals surface area contributed by atoms with Crippen LogP contribution in [0.15, 0.2) is 60.8 Å². The highest BCUT2D eigenvalue weighted by Crippen LogP contribution is 2.24. The van der Waals surface area contributed by atoms with Crippen LogP contribution in [0.5, 0.6) is 0 Å². The Hall–Kier alpha value is -3.41. The molecule has 0 bridgehead atoms. The number of rotatable bonds is 8. The second-order valence-corrected chi connectivity index (χ2v) is 8.25. The van der Waals surface area contributed by atoms with Gasteiger partial charge in [-0.2, -0.15) is 0 Å². The molecule has 3 aromatic rings. The van der Waals surface area contributed by atoms with Crippen LogP contribution in [0.25, 0.3) is 10.9 Å². The Morgan fingerprint density at radius 3 is 2.34 bits per heavy atom. The maximum Gasteiger partial charge on any atom is 0.299 e. The van der Waals surface area contributed by atoms with E-state index in [2.05, 4.69) is 6.92 Å². The molecule has 0 radical (unpaired) electrons. The van der Waals surface area contributed by atoms with Gasteiger partial charge in [-0.15, -0.1) is 0 Å². The van der Waals surface area contributed by atoms with Gasteiger partial charge < -0.3 is 14.4 Å². The molecular formula is C26H29N3O3. The first-order valence-corrected chi connectivity index (χ1v) is 11.4. The maximum absolute atomic E-state index is 13.4. The van der Waals surface area contributed by atoms with E-state index in [4.69, 9.17) is 0 Å². The smallest absolute Gasteiger partial charge is 0.299 e. The lowest BCUT2D eigenvalue weighted by Crippen LogP contribution is -2.37. The zero-order valence-electron chi connectivity index (χ0n) is 18.5. The quantitative estimate of drug-likeness (QED) is 0.395. The minimum atomic E-state index is -0.548. The van der Waals surface area contributed by atoms with E-state index in [-0.39, 0.29) is 12.5 Å². The molecule has 1 aliphatic heterocycles. The zero-order valence-corrected chi connectivity index (χ0v) is 18.5. The molecule has 0 saturated carbocycles. The second-order valence-electron chi connectivity index (χ2n) is 8.25. The van der Waals surface area contributed by atoms with E-state index in [0.29, 0.717) is 23.2 Å². The van der Waals surface area contributed by atoms with E-state index in [1.807, 2.05) is 59.5 Å². The number of unbranched alkanes of at least 4 members (excludes halogenated alkanes) is 1. The summed E-state index contributed by atoms with van der Waals surface area (Å²) < 4.78 is 1.80. The van der Waals surface area contributed by atoms with E-state index >= 15 is 0 Å². The summed E-state index contributed by atoms with van der Waals surface area (Å²) in [6, 6.07) is 16.8. The van der Waals surface area contributed by atoms with Gasteiger partial charge in [0, 0.05) is 42.4 Å². The average molecular weight is 432 g/mol. The lowest BCUT2D eigenvalue weighted by molar-refractivity contribution is -0.130. The molecule has 1 saturated heterocycles. The van der Waals surface area contributed by atoms with Gasteiger partial charge in [0.25, 0.3) is 11.7 Å². The fourth-order valence-electron chi connectivity index (χ4n) is 4.28. The van der Waals surface area contributed by atoms with Crippen LogP contribution in [0.3, 0.4) is 0 Å². The van der Waals surface area contributed by atoms with Crippen LogP contribution in [0.4, 0.5) is 5.69 Å². The molecule has 166 valence electrons. The second kappa shape index (κ2) is 9.81. The molecule has 6 nitrogen and oxygen atoms in total. The van der Waals surface area contributed by atoms with Crippen molar-refractivity contribution in [2.45, 2.75) is 39.2 Å². The molecule has 1 aromatic heterocycles. The van der Waals surface area contributed by atoms with Gasteiger partial charge in [-0.25, -0.2) is 0 Å². The first-order valence-electron chi connectivity index (χ1n) is 11.4. The molecule has 1 aliphatic rings. The number of amides is 2. The number of likely N-dealkylation sites (tertiary alicyclic amines) is 1. The van der Waals surface area contributed by atoms with Gasteiger partial charge in [-0.05, 0) is 37.5 Å². The molecule has 0 N–H and O–H groups in total. The van der Waals surface area contributed by atoms with Crippen molar-refractivity contribution in [3.8, 4) is 0 Å². The molecule has 0 spiro atoms. The van der Waals surface area contributed by atoms with Gasteiger partial charge in [0.2, 0.25) is 5.91 Å². The summed E-state index contributed by atoms with van der Waals surface area (Å²) in [5.41, 5.74) is 1.85. The highest BCUT2D eigenvalue weighted by molar-refractivity contribution is 6.48. The summed E-state index contributed by atoms with van der Waals surface area (Å²) in [5, 5.41) is 0.698. The number of hydrogen-bond donors (Lipinski definition) is 0. The van der Waals surface area contributed by atoms with Gasteiger partial charge in [-0.1, -0.05) is 49.7 Å². The monoisotopic (exact) mass is 431 g/mol. The lowest BCUT2D eigenvalue weighted by Gasteiger charge is -2.21. The Morgan fingerprint density at radius 2 is 1.62 bits per heavy atom. The molecule has 0 aliphatic carbocycles. The summed E-state index contributed by atoms with van der Waals surface area (Å²) in [7, 11) is 0. The predicted octanol–water partition coefficient (Wildman–Crippen LogP) is 4.28. The normalized spacial score (nSPS) is 13.5. The SMILES string of the molecule is CCCCN(C(=O)C(=O)c1cn(CC(=O)N2CCCC2)c2ccccc12)c1ccccc1. The number of carbonyl (C=O) groups is 3. The van der Waals surface area contributed by atoms with Crippen LogP contribution in [0.1, 0.15) is 43.0 Å². The fourth-order valence-corrected chi connectivity index (χ4v) is 4.28. The van der Waals surface area contributed by atoms with Crippen molar-refractivity contribution < 1.29 is 14.4 Å². The number of hydrogen-bond acceptors (Lipinski definition) is 3. The molecular weight excluding hydrogens is 402 g/mol. The first-order chi connectivity index (χ1) is 15.6. The van der Waals surface area contributed by atoms with Crippen molar-refractivity contribution in [1.29, 1.82) is 0 Å². The van der Waals surface area contributed by atoms with Crippen LogP contribution in [0.2, 0.25) is 0 Å². The Morgan fingerprint density at radius 1 is 0.938 bits per heavy atom. The molecule has 0 unspecified atom stereocenters. The molecule has 0 atom stereocenters. The molecule has 6 heteroatoms. The van der Waals surface area contributed by atoms with Crippen LogP contribution in [0, 0.1) is 0 Å². The summed E-state index contributed by atoms with van der Waals surface area (Å²) in [6.07, 6.45) is 5.46. The average Bonchev–Trinajstić information content (AvgIpc) is 3.48. The fraction of sp³-hybridized carbons (Fsp3) is 0.346. The van der Waals surface area contributed by atoms with Crippen molar-refractivity contribution in [2.75, 3.05) is 24.5 Å². The molecule has 2 amide bonds. The lowest BCUT2D eigenvalue weighted by atomic mass is 10.1. The highest BCUT2D eigenvalue weighted by atomic mass is 16.2. The Kier molecular flexibility index (Phi) is 6.69. The van der Waals surface area contributed by atoms with Crippen molar-refractivity contribution in [1.82, 2.24) is 9.47 Å². The molecule has 4 rings (SSSR count). The van der Waals surface area contributed by atoms with Crippen molar-refractivity contribution in [3.63, 3.8) is 0 Å². The number of carbonyl (C=O) groups excluding carboxylic acids is 3. The maximum atomic E-state index is 13.4. The van der Waals surface area contributed by atoms with Gasteiger partial charge in [-0.3, -0.25) is 14.4 Å². The largest absolute Gasteiger partial charge is 0.341 e. The molecule has 1 fully saturated rings. The number of nitrogens with zero attached hydrogens (tertiary/aromatic N) is 3. The number of anilines is 1. The highest BCUT2D eigenvalue weighted by Gasteiger charge is 2.28. The third-order valence-electron chi connectivity index (χ3n) is 6.04. The van der Waals surface area contributed by atoms with Crippen molar-refractivity contribution in [3.05, 3.63) is 66.4 Å².